The fourth-order valence-corrected chi connectivity index (χ4v) is 3.92. The Kier molecular flexibility index (Phi) is 9.22. The molecule has 0 amide bonds. The van der Waals surface area contributed by atoms with Gasteiger partial charge in [0.05, 0.1) is 25.9 Å². The molecule has 0 spiro atoms. The maximum absolute atomic E-state index is 6.08. The number of rotatable bonds is 12. The molecule has 28 heavy (non-hydrogen) atoms. The molecule has 5 atom stereocenters. The van der Waals surface area contributed by atoms with Gasteiger partial charge in [0.15, 0.2) is 12.6 Å². The van der Waals surface area contributed by atoms with Crippen molar-refractivity contribution in [2.75, 3.05) is 26.4 Å². The zero-order valence-electron chi connectivity index (χ0n) is 17.4. The first-order chi connectivity index (χ1) is 13.8. The zero-order valence-corrected chi connectivity index (χ0v) is 17.4. The Morgan fingerprint density at radius 2 is 1.71 bits per heavy atom. The summed E-state index contributed by atoms with van der Waals surface area (Å²) in [7, 11) is 0. The molecule has 2 saturated heterocycles. The smallest absolute Gasteiger partial charge is 0.158 e. The van der Waals surface area contributed by atoms with Crippen molar-refractivity contribution in [3.8, 4) is 0 Å². The Labute approximate surface area is 169 Å². The van der Waals surface area contributed by atoms with Gasteiger partial charge >= 0.3 is 0 Å². The van der Waals surface area contributed by atoms with Crippen molar-refractivity contribution in [3.63, 3.8) is 0 Å². The van der Waals surface area contributed by atoms with Crippen LogP contribution in [-0.2, 0) is 23.7 Å². The number of hydrogen-bond donors (Lipinski definition) is 0. The summed E-state index contributed by atoms with van der Waals surface area (Å²) >= 11 is 0. The summed E-state index contributed by atoms with van der Waals surface area (Å²) in [5, 5.41) is 0. The van der Waals surface area contributed by atoms with Crippen molar-refractivity contribution in [1.82, 2.24) is 0 Å². The Hall–Kier alpha value is -0.980. The molecular weight excluding hydrogens is 356 g/mol. The average molecular weight is 393 g/mol. The van der Waals surface area contributed by atoms with E-state index in [0.29, 0.717) is 25.7 Å². The topological polar surface area (TPSA) is 46.2 Å². The lowest BCUT2D eigenvalue weighted by Gasteiger charge is -2.18. The summed E-state index contributed by atoms with van der Waals surface area (Å²) in [4.78, 5) is 0. The molecule has 2 aliphatic heterocycles. The highest BCUT2D eigenvalue weighted by molar-refractivity contribution is 5.19. The lowest BCUT2D eigenvalue weighted by atomic mass is 9.92. The molecule has 0 radical (unpaired) electrons. The summed E-state index contributed by atoms with van der Waals surface area (Å²) in [5.74, 6) is 0.579. The third-order valence-corrected chi connectivity index (χ3v) is 5.59. The van der Waals surface area contributed by atoms with Crippen LogP contribution in [0.3, 0.4) is 0 Å². The quantitative estimate of drug-likeness (QED) is 0.485. The SMILES string of the molecule is CCC1OCC(COCCCC2COC(CCC(CC)c3ccccc3)O2)O1. The molecule has 0 saturated carbocycles. The Morgan fingerprint density at radius 3 is 2.46 bits per heavy atom. The zero-order chi connectivity index (χ0) is 19.6. The summed E-state index contributed by atoms with van der Waals surface area (Å²) in [5.41, 5.74) is 1.42. The monoisotopic (exact) mass is 392 g/mol. The van der Waals surface area contributed by atoms with Crippen molar-refractivity contribution in [2.24, 2.45) is 0 Å². The molecule has 0 N–H and O–H groups in total. The van der Waals surface area contributed by atoms with Crippen LogP contribution in [0.5, 0.6) is 0 Å². The van der Waals surface area contributed by atoms with Gasteiger partial charge in [0, 0.05) is 6.61 Å². The van der Waals surface area contributed by atoms with Gasteiger partial charge in [-0.2, -0.15) is 0 Å². The first-order valence-corrected chi connectivity index (χ1v) is 10.9. The number of hydrogen-bond acceptors (Lipinski definition) is 5. The molecule has 2 heterocycles. The van der Waals surface area contributed by atoms with Gasteiger partial charge in [0.1, 0.15) is 6.10 Å². The van der Waals surface area contributed by atoms with Crippen LogP contribution in [0.1, 0.15) is 63.9 Å². The van der Waals surface area contributed by atoms with Gasteiger partial charge in [-0.1, -0.05) is 44.2 Å². The minimum absolute atomic E-state index is 0.0521. The van der Waals surface area contributed by atoms with E-state index < -0.39 is 0 Å². The van der Waals surface area contributed by atoms with Gasteiger partial charge in [-0.05, 0) is 50.0 Å². The van der Waals surface area contributed by atoms with Crippen LogP contribution in [0, 0.1) is 0 Å². The van der Waals surface area contributed by atoms with E-state index in [1.807, 2.05) is 0 Å². The highest BCUT2D eigenvalue weighted by Gasteiger charge is 2.27. The van der Waals surface area contributed by atoms with Crippen LogP contribution < -0.4 is 0 Å². The lowest BCUT2D eigenvalue weighted by molar-refractivity contribution is -0.0739. The average Bonchev–Trinajstić information content (AvgIpc) is 3.38. The van der Waals surface area contributed by atoms with E-state index in [-0.39, 0.29) is 24.8 Å². The maximum Gasteiger partial charge on any atom is 0.158 e. The fourth-order valence-electron chi connectivity index (χ4n) is 3.92. The van der Waals surface area contributed by atoms with Crippen molar-refractivity contribution in [2.45, 2.75) is 83.1 Å². The molecule has 0 bridgehead atoms. The molecule has 0 aromatic heterocycles. The Bertz CT molecular complexity index is 537. The molecule has 2 aliphatic rings. The van der Waals surface area contributed by atoms with Crippen LogP contribution in [0.25, 0.3) is 0 Å². The van der Waals surface area contributed by atoms with E-state index in [4.69, 9.17) is 23.7 Å². The molecule has 5 unspecified atom stereocenters. The van der Waals surface area contributed by atoms with Crippen molar-refractivity contribution >= 4 is 0 Å². The lowest BCUT2D eigenvalue weighted by Crippen LogP contribution is -2.20. The van der Waals surface area contributed by atoms with E-state index in [1.54, 1.807) is 0 Å². The highest BCUT2D eigenvalue weighted by Crippen LogP contribution is 2.28. The number of benzene rings is 1. The Balaban J connectivity index is 1.24. The van der Waals surface area contributed by atoms with Gasteiger partial charge in [-0.15, -0.1) is 0 Å². The van der Waals surface area contributed by atoms with E-state index >= 15 is 0 Å². The molecule has 5 nitrogen and oxygen atoms in total. The van der Waals surface area contributed by atoms with E-state index in [9.17, 15) is 0 Å². The summed E-state index contributed by atoms with van der Waals surface area (Å²) in [6, 6.07) is 10.8. The van der Waals surface area contributed by atoms with Gasteiger partial charge in [-0.3, -0.25) is 0 Å². The van der Waals surface area contributed by atoms with Gasteiger partial charge in [0.25, 0.3) is 0 Å². The van der Waals surface area contributed by atoms with Crippen LogP contribution in [-0.4, -0.2) is 51.2 Å². The second kappa shape index (κ2) is 11.9. The summed E-state index contributed by atoms with van der Waals surface area (Å²) < 4.78 is 28.9. The minimum Gasteiger partial charge on any atom is -0.379 e. The molecule has 1 aromatic rings. The van der Waals surface area contributed by atoms with Crippen molar-refractivity contribution in [3.05, 3.63) is 35.9 Å². The third-order valence-electron chi connectivity index (χ3n) is 5.59. The standard InChI is InChI=1S/C23H36O5/c1-3-18(19-9-6-5-7-10-19)12-13-23-26-16-20(27-23)11-8-14-24-15-21-17-25-22(4-2)28-21/h5-7,9-10,18,20-23H,3-4,8,11-17H2,1-2H3. The van der Waals surface area contributed by atoms with Crippen LogP contribution in [0.2, 0.25) is 0 Å². The highest BCUT2D eigenvalue weighted by atomic mass is 16.7. The van der Waals surface area contributed by atoms with E-state index in [2.05, 4.69) is 44.2 Å². The van der Waals surface area contributed by atoms with Gasteiger partial charge < -0.3 is 23.7 Å². The first kappa shape index (κ1) is 21.7. The van der Waals surface area contributed by atoms with Gasteiger partial charge in [0.2, 0.25) is 0 Å². The normalized spacial score (nSPS) is 28.6. The van der Waals surface area contributed by atoms with Crippen LogP contribution >= 0.6 is 0 Å². The maximum atomic E-state index is 6.08. The number of ether oxygens (including phenoxy) is 5. The molecule has 1 aromatic carbocycles. The van der Waals surface area contributed by atoms with E-state index in [0.717, 1.165) is 45.1 Å². The van der Waals surface area contributed by atoms with Crippen LogP contribution in [0.4, 0.5) is 0 Å². The van der Waals surface area contributed by atoms with E-state index in [1.165, 1.54) is 5.56 Å². The molecule has 2 fully saturated rings. The van der Waals surface area contributed by atoms with Gasteiger partial charge in [-0.25, -0.2) is 0 Å². The summed E-state index contributed by atoms with van der Waals surface area (Å²) in [6.07, 6.45) is 6.22. The summed E-state index contributed by atoms with van der Waals surface area (Å²) in [6.45, 7) is 7.00. The predicted octanol–water partition coefficient (Wildman–Crippen LogP) is 4.65. The molecule has 0 aliphatic carbocycles. The Morgan fingerprint density at radius 1 is 0.964 bits per heavy atom. The second-order valence-electron chi connectivity index (χ2n) is 7.76. The first-order valence-electron chi connectivity index (χ1n) is 10.9. The van der Waals surface area contributed by atoms with Crippen molar-refractivity contribution in [1.29, 1.82) is 0 Å². The second-order valence-corrected chi connectivity index (χ2v) is 7.76. The van der Waals surface area contributed by atoms with Crippen LogP contribution in [0.15, 0.2) is 30.3 Å². The third kappa shape index (κ3) is 6.82. The fraction of sp³-hybridized carbons (Fsp3) is 0.739. The molecule has 5 heteroatoms. The molecule has 158 valence electrons. The molecular formula is C23H36O5. The molecule has 3 rings (SSSR count). The largest absolute Gasteiger partial charge is 0.379 e. The predicted molar refractivity (Wildman–Crippen MR) is 108 cm³/mol. The minimum atomic E-state index is -0.0568. The van der Waals surface area contributed by atoms with Crippen molar-refractivity contribution < 1.29 is 23.7 Å².